The topological polar surface area (TPSA) is 102 Å². The van der Waals surface area contributed by atoms with Crippen LogP contribution < -0.4 is 14.8 Å². The van der Waals surface area contributed by atoms with Gasteiger partial charge in [-0.25, -0.2) is 9.18 Å². The summed E-state index contributed by atoms with van der Waals surface area (Å²) < 4.78 is 29.8. The lowest BCUT2D eigenvalue weighted by Gasteiger charge is -2.12. The molecule has 1 heterocycles. The van der Waals surface area contributed by atoms with E-state index in [4.69, 9.17) is 13.9 Å². The number of nitriles is 1. The molecule has 2 aromatic carbocycles. The van der Waals surface area contributed by atoms with Crippen molar-refractivity contribution in [2.45, 2.75) is 13.5 Å². The van der Waals surface area contributed by atoms with Crippen LogP contribution in [-0.4, -0.2) is 18.5 Å². The molecule has 0 bridgehead atoms. The van der Waals surface area contributed by atoms with E-state index in [1.807, 2.05) is 6.07 Å². The van der Waals surface area contributed by atoms with Crippen LogP contribution in [0, 0.1) is 17.1 Å². The lowest BCUT2D eigenvalue weighted by atomic mass is 10.1. The fourth-order valence-corrected chi connectivity index (χ4v) is 2.74. The van der Waals surface area contributed by atoms with E-state index >= 15 is 0 Å². The Morgan fingerprint density at radius 3 is 2.66 bits per heavy atom. The largest absolute Gasteiger partial charge is 0.490 e. The summed E-state index contributed by atoms with van der Waals surface area (Å²) in [5.74, 6) is -1.30. The van der Waals surface area contributed by atoms with E-state index in [1.165, 1.54) is 42.7 Å². The number of carbonyl (C=O) groups excluding carboxylic acids is 2. The average Bonchev–Trinajstić information content (AvgIpc) is 3.31. The Balaban J connectivity index is 1.79. The van der Waals surface area contributed by atoms with Gasteiger partial charge in [-0.05, 0) is 55.0 Å². The highest BCUT2D eigenvalue weighted by atomic mass is 19.1. The van der Waals surface area contributed by atoms with Crippen molar-refractivity contribution >= 4 is 18.0 Å². The Morgan fingerprint density at radius 1 is 1.16 bits per heavy atom. The lowest BCUT2D eigenvalue weighted by Crippen LogP contribution is -2.23. The maximum absolute atomic E-state index is 13.9. The van der Waals surface area contributed by atoms with Gasteiger partial charge >= 0.3 is 5.97 Å². The Bertz CT molecular complexity index is 1180. The second kappa shape index (κ2) is 10.6. The van der Waals surface area contributed by atoms with Crippen LogP contribution in [0.25, 0.3) is 6.08 Å². The fraction of sp³-hybridized carbons (Fsp3) is 0.125. The van der Waals surface area contributed by atoms with Crippen LogP contribution in [0.4, 0.5) is 4.39 Å². The smallest absolute Gasteiger partial charge is 0.346 e. The molecule has 3 aromatic rings. The van der Waals surface area contributed by atoms with Gasteiger partial charge in [0.2, 0.25) is 0 Å². The molecule has 1 aromatic heterocycles. The third kappa shape index (κ3) is 5.61. The van der Waals surface area contributed by atoms with Crippen LogP contribution in [0.5, 0.6) is 11.5 Å². The molecule has 0 aliphatic carbocycles. The molecule has 0 fully saturated rings. The van der Waals surface area contributed by atoms with Crippen molar-refractivity contribution in [2.75, 3.05) is 6.61 Å². The van der Waals surface area contributed by atoms with Gasteiger partial charge in [-0.2, -0.15) is 5.26 Å². The number of nitrogens with zero attached hydrogens (tertiary/aromatic N) is 1. The monoisotopic (exact) mass is 434 g/mol. The zero-order valence-corrected chi connectivity index (χ0v) is 17.1. The van der Waals surface area contributed by atoms with Crippen molar-refractivity contribution in [1.29, 1.82) is 5.26 Å². The number of ether oxygens (including phenoxy) is 2. The van der Waals surface area contributed by atoms with E-state index < -0.39 is 17.7 Å². The molecule has 0 unspecified atom stereocenters. The Hall–Kier alpha value is -4.38. The van der Waals surface area contributed by atoms with Gasteiger partial charge in [0.25, 0.3) is 5.91 Å². The summed E-state index contributed by atoms with van der Waals surface area (Å²) in [6.07, 6.45) is 2.86. The van der Waals surface area contributed by atoms with Gasteiger partial charge < -0.3 is 19.2 Å². The van der Waals surface area contributed by atoms with Crippen LogP contribution in [0.1, 0.15) is 28.6 Å². The van der Waals surface area contributed by atoms with Gasteiger partial charge in [-0.3, -0.25) is 4.79 Å². The number of halogens is 1. The van der Waals surface area contributed by atoms with Crippen molar-refractivity contribution in [2.24, 2.45) is 0 Å². The molecule has 0 aliphatic heterocycles. The fourth-order valence-electron chi connectivity index (χ4n) is 2.74. The average molecular weight is 434 g/mol. The third-order valence-electron chi connectivity index (χ3n) is 4.24. The van der Waals surface area contributed by atoms with Crippen molar-refractivity contribution in [1.82, 2.24) is 5.32 Å². The van der Waals surface area contributed by atoms with Crippen molar-refractivity contribution < 1.29 is 27.9 Å². The van der Waals surface area contributed by atoms with E-state index in [9.17, 15) is 19.2 Å². The summed E-state index contributed by atoms with van der Waals surface area (Å²) in [6.45, 7) is 2.15. The molecular weight excluding hydrogens is 415 g/mol. The number of furan rings is 1. The molecule has 0 atom stereocenters. The highest BCUT2D eigenvalue weighted by Crippen LogP contribution is 2.30. The van der Waals surface area contributed by atoms with Crippen LogP contribution in [-0.2, 0) is 11.3 Å². The lowest BCUT2D eigenvalue weighted by molar-refractivity contribution is -0.117. The number of hydrogen-bond donors (Lipinski definition) is 1. The number of amides is 1. The predicted octanol–water partition coefficient (Wildman–Crippen LogP) is 4.26. The standard InChI is InChI=1S/C24H19FN2O5/c1-2-30-22-13-16(12-17(14-26)23(28)27-15-18-6-5-11-31-18)9-10-21(22)32-24(29)19-7-3-4-8-20(19)25/h3-13H,2,15H2,1H3,(H,27,28)/b17-12+. The molecule has 1 N–H and O–H groups in total. The normalized spacial score (nSPS) is 10.8. The Morgan fingerprint density at radius 2 is 1.97 bits per heavy atom. The molecule has 0 spiro atoms. The highest BCUT2D eigenvalue weighted by Gasteiger charge is 2.17. The molecule has 3 rings (SSSR count). The molecule has 0 saturated heterocycles. The summed E-state index contributed by atoms with van der Waals surface area (Å²) in [7, 11) is 0. The molecule has 162 valence electrons. The number of benzene rings is 2. The van der Waals surface area contributed by atoms with Crippen LogP contribution in [0.15, 0.2) is 70.9 Å². The maximum atomic E-state index is 13.9. The first kappa shape index (κ1) is 22.3. The van der Waals surface area contributed by atoms with Gasteiger partial charge in [0, 0.05) is 0 Å². The zero-order valence-electron chi connectivity index (χ0n) is 17.1. The van der Waals surface area contributed by atoms with Crippen molar-refractivity contribution in [3.8, 4) is 17.6 Å². The number of rotatable bonds is 8. The molecule has 1 amide bonds. The number of carbonyl (C=O) groups is 2. The summed E-state index contributed by atoms with van der Waals surface area (Å²) >= 11 is 0. The minimum absolute atomic E-state index is 0.0815. The second-order valence-corrected chi connectivity index (χ2v) is 6.44. The van der Waals surface area contributed by atoms with Crippen LogP contribution >= 0.6 is 0 Å². The molecule has 7 nitrogen and oxygen atoms in total. The Labute approximate surface area is 183 Å². The minimum Gasteiger partial charge on any atom is -0.490 e. The van der Waals surface area contributed by atoms with E-state index in [-0.39, 0.29) is 35.8 Å². The second-order valence-electron chi connectivity index (χ2n) is 6.44. The highest BCUT2D eigenvalue weighted by molar-refractivity contribution is 6.01. The summed E-state index contributed by atoms with van der Waals surface area (Å²) in [5.41, 5.74) is 0.137. The summed E-state index contributed by atoms with van der Waals surface area (Å²) in [6, 6.07) is 15.2. The van der Waals surface area contributed by atoms with Gasteiger partial charge in [-0.1, -0.05) is 18.2 Å². The van der Waals surface area contributed by atoms with E-state index in [2.05, 4.69) is 5.32 Å². The van der Waals surface area contributed by atoms with E-state index in [1.54, 1.807) is 25.1 Å². The van der Waals surface area contributed by atoms with E-state index in [0.29, 0.717) is 11.3 Å². The van der Waals surface area contributed by atoms with Gasteiger partial charge in [0.1, 0.15) is 23.2 Å². The van der Waals surface area contributed by atoms with Crippen LogP contribution in [0.3, 0.4) is 0 Å². The maximum Gasteiger partial charge on any atom is 0.346 e. The van der Waals surface area contributed by atoms with Crippen molar-refractivity contribution in [3.05, 3.63) is 89.1 Å². The number of nitrogens with one attached hydrogen (secondary N) is 1. The van der Waals surface area contributed by atoms with Gasteiger partial charge in [0.15, 0.2) is 11.5 Å². The molecular formula is C24H19FN2O5. The summed E-state index contributed by atoms with van der Waals surface area (Å²) in [4.78, 5) is 24.6. The summed E-state index contributed by atoms with van der Waals surface area (Å²) in [5, 5.41) is 12.0. The molecule has 0 aliphatic rings. The zero-order chi connectivity index (χ0) is 22.9. The number of hydrogen-bond acceptors (Lipinski definition) is 6. The number of esters is 1. The predicted molar refractivity (Wildman–Crippen MR) is 113 cm³/mol. The first-order chi connectivity index (χ1) is 15.5. The molecule has 8 heteroatoms. The van der Waals surface area contributed by atoms with E-state index in [0.717, 1.165) is 6.07 Å². The van der Waals surface area contributed by atoms with Gasteiger partial charge in [0.05, 0.1) is 25.0 Å². The van der Waals surface area contributed by atoms with Gasteiger partial charge in [-0.15, -0.1) is 0 Å². The van der Waals surface area contributed by atoms with Crippen molar-refractivity contribution in [3.63, 3.8) is 0 Å². The first-order valence-electron chi connectivity index (χ1n) is 9.67. The van der Waals surface area contributed by atoms with Crippen LogP contribution in [0.2, 0.25) is 0 Å². The minimum atomic E-state index is -0.873. The third-order valence-corrected chi connectivity index (χ3v) is 4.24. The SMILES string of the molecule is CCOc1cc(/C=C(\C#N)C(=O)NCc2ccco2)ccc1OC(=O)c1ccccc1F. The first-order valence-corrected chi connectivity index (χ1v) is 9.67. The Kier molecular flexibility index (Phi) is 7.38. The quantitative estimate of drug-likeness (QED) is 0.246. The molecule has 0 radical (unpaired) electrons. The molecule has 0 saturated carbocycles. The molecule has 32 heavy (non-hydrogen) atoms.